The van der Waals surface area contributed by atoms with Gasteiger partial charge in [-0.3, -0.25) is 0 Å². The number of rotatable bonds is 5. The summed E-state index contributed by atoms with van der Waals surface area (Å²) < 4.78 is 5.92. The lowest BCUT2D eigenvalue weighted by atomic mass is 9.91. The molecule has 1 unspecified atom stereocenters. The average molecular weight is 334 g/mol. The molecule has 6 heteroatoms. The Morgan fingerprint density at radius 1 is 1.35 bits per heavy atom. The number of hydrogen-bond acceptors (Lipinski definition) is 2. The fraction of sp³-hybridized carbons (Fsp3) is 0.429. The van der Waals surface area contributed by atoms with Crippen molar-refractivity contribution >= 4 is 28.8 Å². The van der Waals surface area contributed by atoms with E-state index in [9.17, 15) is 4.89 Å². The first-order valence-electron chi connectivity index (χ1n) is 6.30. The minimum atomic E-state index is -3.03. The number of para-hydroxylation sites is 1. The fourth-order valence-corrected chi connectivity index (χ4v) is 2.96. The number of hydrogen-bond donors (Lipinski definition) is 2. The van der Waals surface area contributed by atoms with Crippen molar-refractivity contribution < 1.29 is 9.63 Å². The number of nitrogens with one attached hydrogen (secondary N) is 1. The minimum Gasteiger partial charge on any atom is -0.460 e. The van der Waals surface area contributed by atoms with Crippen LogP contribution in [0.3, 0.4) is 0 Å². The molecule has 1 rings (SSSR count). The van der Waals surface area contributed by atoms with Crippen LogP contribution in [-0.4, -0.2) is 4.89 Å². The zero-order valence-corrected chi connectivity index (χ0v) is 14.6. The molecule has 0 aliphatic carbocycles. The van der Waals surface area contributed by atoms with Gasteiger partial charge in [0.15, 0.2) is 0 Å². The van der Waals surface area contributed by atoms with Crippen LogP contribution in [0.25, 0.3) is 0 Å². The van der Waals surface area contributed by atoms with Crippen LogP contribution in [0.4, 0.5) is 0 Å². The second kappa shape index (κ2) is 6.95. The van der Waals surface area contributed by atoms with Crippen LogP contribution in [0.5, 0.6) is 5.75 Å². The smallest absolute Gasteiger partial charge is 0.241 e. The SMILES string of the molecule is CC(NP(O)(=S)Cl)=C(CC(C)(C)C)Oc1ccccc1. The molecule has 0 saturated heterocycles. The molecule has 0 aliphatic rings. The first-order chi connectivity index (χ1) is 9.07. The summed E-state index contributed by atoms with van der Waals surface area (Å²) >= 11 is 10.5. The van der Waals surface area contributed by atoms with E-state index in [1.54, 1.807) is 0 Å². The molecule has 0 bridgehead atoms. The predicted octanol–water partition coefficient (Wildman–Crippen LogP) is 4.78. The second-order valence-corrected chi connectivity index (χ2v) is 10.7. The average Bonchev–Trinajstić information content (AvgIpc) is 2.25. The van der Waals surface area contributed by atoms with Gasteiger partial charge in [-0.1, -0.05) is 39.0 Å². The molecule has 0 radical (unpaired) electrons. The lowest BCUT2D eigenvalue weighted by Gasteiger charge is -2.23. The van der Waals surface area contributed by atoms with E-state index < -0.39 is 5.77 Å². The lowest BCUT2D eigenvalue weighted by Crippen LogP contribution is -2.16. The van der Waals surface area contributed by atoms with E-state index >= 15 is 0 Å². The molecule has 2 N–H and O–H groups in total. The van der Waals surface area contributed by atoms with Crippen molar-refractivity contribution in [1.82, 2.24) is 5.09 Å². The maximum Gasteiger partial charge on any atom is 0.241 e. The van der Waals surface area contributed by atoms with E-state index in [-0.39, 0.29) is 5.41 Å². The second-order valence-electron chi connectivity index (χ2n) is 5.81. The Kier molecular flexibility index (Phi) is 6.08. The van der Waals surface area contributed by atoms with Gasteiger partial charge in [0.1, 0.15) is 11.5 Å². The van der Waals surface area contributed by atoms with Gasteiger partial charge in [0.05, 0.1) is 5.70 Å². The Hall–Kier alpha value is -0.540. The van der Waals surface area contributed by atoms with Crippen molar-refractivity contribution in [1.29, 1.82) is 0 Å². The van der Waals surface area contributed by atoms with Crippen LogP contribution in [0.15, 0.2) is 41.8 Å². The van der Waals surface area contributed by atoms with Gasteiger partial charge < -0.3 is 14.7 Å². The Balaban J connectivity index is 3.02. The van der Waals surface area contributed by atoms with Gasteiger partial charge in [-0.2, -0.15) is 0 Å². The predicted molar refractivity (Wildman–Crippen MR) is 89.3 cm³/mol. The zero-order valence-electron chi connectivity index (χ0n) is 12.2. The zero-order chi connectivity index (χ0) is 15.4. The molecule has 0 fully saturated rings. The van der Waals surface area contributed by atoms with Crippen molar-refractivity contribution in [3.63, 3.8) is 0 Å². The highest BCUT2D eigenvalue weighted by Gasteiger charge is 2.19. The maximum absolute atomic E-state index is 9.59. The normalized spacial score (nSPS) is 16.1. The molecule has 112 valence electrons. The number of halogens is 1. The number of ether oxygens (including phenoxy) is 1. The summed E-state index contributed by atoms with van der Waals surface area (Å²) in [7, 11) is 0. The summed E-state index contributed by atoms with van der Waals surface area (Å²) in [6.07, 6.45) is 0.701. The summed E-state index contributed by atoms with van der Waals surface area (Å²) in [5.74, 6) is -1.55. The Morgan fingerprint density at radius 3 is 2.35 bits per heavy atom. The van der Waals surface area contributed by atoms with Crippen molar-refractivity contribution in [2.45, 2.75) is 34.1 Å². The third-order valence-corrected chi connectivity index (χ3v) is 3.54. The Bertz CT molecular complexity index is 520. The van der Waals surface area contributed by atoms with Crippen LogP contribution in [-0.2, 0) is 11.8 Å². The molecular weight excluding hydrogens is 313 g/mol. The Labute approximate surface area is 130 Å². The third kappa shape index (κ3) is 7.30. The van der Waals surface area contributed by atoms with E-state index in [4.69, 9.17) is 27.8 Å². The summed E-state index contributed by atoms with van der Waals surface area (Å²) in [6.45, 7) is 8.16. The summed E-state index contributed by atoms with van der Waals surface area (Å²) in [5, 5.41) is 2.76. The van der Waals surface area contributed by atoms with Gasteiger partial charge in [-0.25, -0.2) is 0 Å². The van der Waals surface area contributed by atoms with Gasteiger partial charge >= 0.3 is 0 Å². The topological polar surface area (TPSA) is 41.5 Å². The highest BCUT2D eigenvalue weighted by atomic mass is 35.7. The fourth-order valence-electron chi connectivity index (χ4n) is 1.63. The van der Waals surface area contributed by atoms with Gasteiger partial charge in [0.25, 0.3) is 0 Å². The highest BCUT2D eigenvalue weighted by Crippen LogP contribution is 2.43. The molecule has 0 heterocycles. The standard InChI is InChI=1S/C14H21ClNO2PS/c1-11(16-19(15,17)20)13(10-14(2,3)4)18-12-8-6-5-7-9-12/h5-9H,10H2,1-4H3,(H2,16,17,20). The lowest BCUT2D eigenvalue weighted by molar-refractivity contribution is 0.310. The van der Waals surface area contributed by atoms with E-state index in [1.165, 1.54) is 0 Å². The maximum atomic E-state index is 9.59. The van der Waals surface area contributed by atoms with Crippen LogP contribution in [0.2, 0.25) is 0 Å². The molecule has 1 aromatic rings. The monoisotopic (exact) mass is 333 g/mol. The minimum absolute atomic E-state index is 0.0391. The number of allylic oxidation sites excluding steroid dienone is 2. The molecule has 1 aromatic carbocycles. The molecule has 0 aromatic heterocycles. The van der Waals surface area contributed by atoms with Crippen LogP contribution in [0, 0.1) is 5.41 Å². The van der Waals surface area contributed by atoms with Crippen LogP contribution in [0.1, 0.15) is 34.1 Å². The van der Waals surface area contributed by atoms with Crippen LogP contribution >= 0.6 is 17.0 Å². The third-order valence-electron chi connectivity index (χ3n) is 2.40. The first kappa shape index (κ1) is 17.5. The molecule has 0 aliphatic heterocycles. The summed E-state index contributed by atoms with van der Waals surface area (Å²) in [6, 6.07) is 9.50. The Morgan fingerprint density at radius 2 is 1.90 bits per heavy atom. The summed E-state index contributed by atoms with van der Waals surface area (Å²) in [4.78, 5) is 9.59. The quantitative estimate of drug-likeness (QED) is 0.601. The van der Waals surface area contributed by atoms with Gasteiger partial charge in [0, 0.05) is 6.42 Å². The summed E-state index contributed by atoms with van der Waals surface area (Å²) in [5.41, 5.74) is 0.710. The van der Waals surface area contributed by atoms with E-state index in [0.717, 1.165) is 11.5 Å². The van der Waals surface area contributed by atoms with Crippen LogP contribution < -0.4 is 9.82 Å². The molecule has 0 amide bonds. The molecule has 20 heavy (non-hydrogen) atoms. The van der Waals surface area contributed by atoms with Gasteiger partial charge in [-0.05, 0) is 47.5 Å². The van der Waals surface area contributed by atoms with Crippen molar-refractivity contribution in [3.05, 3.63) is 41.8 Å². The highest BCUT2D eigenvalue weighted by molar-refractivity contribution is 8.23. The molecule has 3 nitrogen and oxygen atoms in total. The largest absolute Gasteiger partial charge is 0.460 e. The molecule has 0 saturated carbocycles. The van der Waals surface area contributed by atoms with Crippen molar-refractivity contribution in [2.24, 2.45) is 5.41 Å². The van der Waals surface area contributed by atoms with Gasteiger partial charge in [-0.15, -0.1) is 0 Å². The van der Waals surface area contributed by atoms with Crippen molar-refractivity contribution in [3.8, 4) is 5.75 Å². The molecule has 0 spiro atoms. The van der Waals surface area contributed by atoms with Gasteiger partial charge in [0.2, 0.25) is 5.77 Å². The first-order valence-corrected chi connectivity index (χ1v) is 9.96. The molecule has 1 atom stereocenters. The molecular formula is C14H21ClNO2PS. The van der Waals surface area contributed by atoms with Crippen molar-refractivity contribution in [2.75, 3.05) is 0 Å². The van der Waals surface area contributed by atoms with E-state index in [0.29, 0.717) is 12.1 Å². The van der Waals surface area contributed by atoms with E-state index in [2.05, 4.69) is 25.9 Å². The number of benzene rings is 1. The van der Waals surface area contributed by atoms with E-state index in [1.807, 2.05) is 37.3 Å².